The number of carbonyl (C=O) groups is 2. The van der Waals surface area contributed by atoms with Gasteiger partial charge in [0.1, 0.15) is 0 Å². The molecule has 2 amide bonds. The van der Waals surface area contributed by atoms with E-state index >= 15 is 0 Å². The normalized spacial score (nSPS) is 17.4. The standard InChI is InChI=1S/C27H23F3N4O2/c28-27(29,30)20-9-4-8-18(11-20)26(36)32-21-12-19(13-21)25-23(15-31-34-25)33-24(35)14-17-7-3-6-16-5-1-2-10-22(16)17/h1-11,15,19,21H,12-14H2,(H,31,34)(H,32,36)(H,33,35). The van der Waals surface area contributed by atoms with Gasteiger partial charge in [-0.2, -0.15) is 18.3 Å². The highest BCUT2D eigenvalue weighted by Crippen LogP contribution is 2.39. The lowest BCUT2D eigenvalue weighted by molar-refractivity contribution is -0.137. The number of anilines is 1. The molecule has 9 heteroatoms. The van der Waals surface area contributed by atoms with Crippen LogP contribution in [0.5, 0.6) is 0 Å². The summed E-state index contributed by atoms with van der Waals surface area (Å²) in [6.07, 6.45) is -1.57. The average Bonchev–Trinajstić information content (AvgIpc) is 3.28. The second-order valence-corrected chi connectivity index (χ2v) is 8.98. The summed E-state index contributed by atoms with van der Waals surface area (Å²) in [7, 11) is 0. The molecule has 0 aliphatic heterocycles. The zero-order valence-corrected chi connectivity index (χ0v) is 19.1. The van der Waals surface area contributed by atoms with Gasteiger partial charge in [-0.25, -0.2) is 0 Å². The third-order valence-corrected chi connectivity index (χ3v) is 6.51. The Bertz CT molecular complexity index is 1420. The molecular formula is C27H23F3N4O2. The smallest absolute Gasteiger partial charge is 0.349 e. The summed E-state index contributed by atoms with van der Waals surface area (Å²) in [5, 5.41) is 14.8. The number of amides is 2. The minimum atomic E-state index is -4.51. The second-order valence-electron chi connectivity index (χ2n) is 8.98. The van der Waals surface area contributed by atoms with Gasteiger partial charge in [-0.1, -0.05) is 48.5 Å². The van der Waals surface area contributed by atoms with Gasteiger partial charge in [0.25, 0.3) is 5.91 Å². The lowest BCUT2D eigenvalue weighted by Gasteiger charge is -2.35. The number of nitrogens with one attached hydrogen (secondary N) is 3. The molecule has 3 N–H and O–H groups in total. The molecule has 1 aliphatic rings. The van der Waals surface area contributed by atoms with E-state index in [0.717, 1.165) is 34.2 Å². The van der Waals surface area contributed by atoms with Crippen LogP contribution in [0.15, 0.2) is 72.9 Å². The lowest BCUT2D eigenvalue weighted by atomic mass is 9.77. The summed E-state index contributed by atoms with van der Waals surface area (Å²) >= 11 is 0. The van der Waals surface area contributed by atoms with E-state index in [0.29, 0.717) is 18.5 Å². The van der Waals surface area contributed by atoms with E-state index in [9.17, 15) is 22.8 Å². The van der Waals surface area contributed by atoms with E-state index in [1.165, 1.54) is 12.1 Å². The van der Waals surface area contributed by atoms with Crippen LogP contribution in [-0.4, -0.2) is 28.1 Å². The molecule has 6 nitrogen and oxygen atoms in total. The maximum absolute atomic E-state index is 12.9. The summed E-state index contributed by atoms with van der Waals surface area (Å²) in [6, 6.07) is 17.9. The minimum absolute atomic E-state index is 0.0313. The number of rotatable bonds is 6. The maximum Gasteiger partial charge on any atom is 0.416 e. The van der Waals surface area contributed by atoms with Crippen LogP contribution < -0.4 is 10.6 Å². The van der Waals surface area contributed by atoms with Gasteiger partial charge < -0.3 is 10.6 Å². The van der Waals surface area contributed by atoms with E-state index < -0.39 is 17.6 Å². The van der Waals surface area contributed by atoms with E-state index in [-0.39, 0.29) is 29.9 Å². The number of hydrogen-bond donors (Lipinski definition) is 3. The van der Waals surface area contributed by atoms with Gasteiger partial charge in [0, 0.05) is 17.5 Å². The summed E-state index contributed by atoms with van der Waals surface area (Å²) < 4.78 is 38.8. The average molecular weight is 493 g/mol. The van der Waals surface area contributed by atoms with Gasteiger partial charge in [-0.15, -0.1) is 0 Å². The van der Waals surface area contributed by atoms with Crippen molar-refractivity contribution in [3.8, 4) is 0 Å². The number of aromatic nitrogens is 2. The Kier molecular flexibility index (Phi) is 6.22. The molecule has 1 aromatic heterocycles. The highest BCUT2D eigenvalue weighted by Gasteiger charge is 2.35. The van der Waals surface area contributed by atoms with Crippen molar-refractivity contribution in [1.29, 1.82) is 0 Å². The van der Waals surface area contributed by atoms with Gasteiger partial charge in [0.05, 0.1) is 29.6 Å². The van der Waals surface area contributed by atoms with Crippen LogP contribution in [0.4, 0.5) is 18.9 Å². The quantitative estimate of drug-likeness (QED) is 0.335. The monoisotopic (exact) mass is 492 g/mol. The summed E-state index contributed by atoms with van der Waals surface area (Å²) in [4.78, 5) is 25.2. The van der Waals surface area contributed by atoms with Crippen LogP contribution >= 0.6 is 0 Å². The number of carbonyl (C=O) groups excluding carboxylic acids is 2. The molecule has 0 atom stereocenters. The second kappa shape index (κ2) is 9.49. The summed E-state index contributed by atoms with van der Waals surface area (Å²) in [6.45, 7) is 0. The fourth-order valence-electron chi connectivity index (χ4n) is 4.60. The largest absolute Gasteiger partial charge is 0.416 e. The van der Waals surface area contributed by atoms with Gasteiger partial charge in [0.2, 0.25) is 5.91 Å². The fourth-order valence-corrected chi connectivity index (χ4v) is 4.60. The Balaban J connectivity index is 1.18. The van der Waals surface area contributed by atoms with Crippen molar-refractivity contribution < 1.29 is 22.8 Å². The molecule has 0 saturated heterocycles. The predicted octanol–water partition coefficient (Wildman–Crippen LogP) is 5.44. The van der Waals surface area contributed by atoms with E-state index in [1.54, 1.807) is 6.20 Å². The Morgan fingerprint density at radius 2 is 1.75 bits per heavy atom. The van der Waals surface area contributed by atoms with Crippen molar-refractivity contribution in [2.45, 2.75) is 37.4 Å². The van der Waals surface area contributed by atoms with Crippen LogP contribution in [0.25, 0.3) is 10.8 Å². The molecule has 36 heavy (non-hydrogen) atoms. The number of hydrogen-bond acceptors (Lipinski definition) is 3. The first-order valence-electron chi connectivity index (χ1n) is 11.6. The molecular weight excluding hydrogens is 469 g/mol. The van der Waals surface area contributed by atoms with Gasteiger partial charge in [-0.3, -0.25) is 14.7 Å². The number of fused-ring (bicyclic) bond motifs is 1. The van der Waals surface area contributed by atoms with Crippen LogP contribution in [0.3, 0.4) is 0 Å². The molecule has 4 aromatic rings. The Hall–Kier alpha value is -4.14. The molecule has 0 spiro atoms. The molecule has 1 saturated carbocycles. The van der Waals surface area contributed by atoms with Crippen LogP contribution in [0.1, 0.15) is 45.9 Å². The molecule has 0 radical (unpaired) electrons. The molecule has 1 fully saturated rings. The zero-order chi connectivity index (χ0) is 25.3. The summed E-state index contributed by atoms with van der Waals surface area (Å²) in [5.41, 5.74) is 1.40. The molecule has 1 heterocycles. The van der Waals surface area contributed by atoms with E-state index in [1.807, 2.05) is 42.5 Å². The molecule has 0 unspecified atom stereocenters. The highest BCUT2D eigenvalue weighted by atomic mass is 19.4. The van der Waals surface area contributed by atoms with Crippen molar-refractivity contribution >= 4 is 28.3 Å². The first-order chi connectivity index (χ1) is 17.3. The first kappa shape index (κ1) is 23.6. The Morgan fingerprint density at radius 3 is 2.56 bits per heavy atom. The number of H-pyrrole nitrogens is 1. The number of nitrogens with zero attached hydrogens (tertiary/aromatic N) is 1. The molecule has 0 bridgehead atoms. The topological polar surface area (TPSA) is 86.9 Å². The van der Waals surface area contributed by atoms with Gasteiger partial charge in [-0.05, 0) is 47.4 Å². The number of halogens is 3. The van der Waals surface area contributed by atoms with Crippen LogP contribution in [0, 0.1) is 0 Å². The van der Waals surface area contributed by atoms with Gasteiger partial charge >= 0.3 is 6.18 Å². The molecule has 1 aliphatic carbocycles. The molecule has 5 rings (SSSR count). The Labute approximate surface area is 204 Å². The zero-order valence-electron chi connectivity index (χ0n) is 19.1. The van der Waals surface area contributed by atoms with Crippen molar-refractivity contribution in [3.05, 3.63) is 95.3 Å². The third kappa shape index (κ3) is 4.95. The van der Waals surface area contributed by atoms with Crippen molar-refractivity contribution in [3.63, 3.8) is 0 Å². The fraction of sp³-hybridized carbons (Fsp3) is 0.222. The summed E-state index contributed by atoms with van der Waals surface area (Å²) in [5.74, 6) is -0.673. The van der Waals surface area contributed by atoms with Crippen molar-refractivity contribution in [1.82, 2.24) is 15.5 Å². The van der Waals surface area contributed by atoms with Crippen LogP contribution in [-0.2, 0) is 17.4 Å². The van der Waals surface area contributed by atoms with Crippen molar-refractivity contribution in [2.75, 3.05) is 5.32 Å². The number of alkyl halides is 3. The van der Waals surface area contributed by atoms with Crippen molar-refractivity contribution in [2.24, 2.45) is 0 Å². The minimum Gasteiger partial charge on any atom is -0.349 e. The van der Waals surface area contributed by atoms with E-state index in [2.05, 4.69) is 20.8 Å². The molecule has 184 valence electrons. The third-order valence-electron chi connectivity index (χ3n) is 6.51. The lowest BCUT2D eigenvalue weighted by Crippen LogP contribution is -2.43. The number of aromatic amines is 1. The van der Waals surface area contributed by atoms with Crippen LogP contribution in [0.2, 0.25) is 0 Å². The SMILES string of the molecule is O=C(Cc1cccc2ccccc12)Nc1cn[nH]c1C1CC(NC(=O)c2cccc(C(F)(F)F)c2)C1. The molecule has 3 aromatic carbocycles. The van der Waals surface area contributed by atoms with Gasteiger partial charge in [0.15, 0.2) is 0 Å². The van der Waals surface area contributed by atoms with E-state index in [4.69, 9.17) is 0 Å². The predicted molar refractivity (Wildman–Crippen MR) is 130 cm³/mol. The maximum atomic E-state index is 12.9. The Morgan fingerprint density at radius 1 is 1.00 bits per heavy atom. The first-order valence-corrected chi connectivity index (χ1v) is 11.6. The number of benzene rings is 3. The highest BCUT2D eigenvalue weighted by molar-refractivity contribution is 5.96.